The summed E-state index contributed by atoms with van der Waals surface area (Å²) in [6.07, 6.45) is 1.56. The highest BCUT2D eigenvalue weighted by molar-refractivity contribution is 6.14. The average Bonchev–Trinajstić information content (AvgIpc) is 2.48. The van der Waals surface area contributed by atoms with Crippen LogP contribution in [-0.2, 0) is 0 Å². The van der Waals surface area contributed by atoms with Gasteiger partial charge in [-0.15, -0.1) is 0 Å². The normalized spacial score (nSPS) is 13.2. The van der Waals surface area contributed by atoms with Crippen molar-refractivity contribution in [2.45, 2.75) is 0 Å². The Hall–Kier alpha value is -1.64. The van der Waals surface area contributed by atoms with E-state index in [2.05, 4.69) is 4.99 Å². The number of carbonyl (C=O) groups is 1. The Labute approximate surface area is 69.7 Å². The van der Waals surface area contributed by atoms with Gasteiger partial charge in [-0.1, -0.05) is 12.1 Å². The van der Waals surface area contributed by atoms with E-state index in [4.69, 9.17) is 4.74 Å². The molecule has 0 spiro atoms. The fourth-order valence-electron chi connectivity index (χ4n) is 1.25. The molecule has 1 aromatic carbocycles. The smallest absolute Gasteiger partial charge is 0.281 e. The van der Waals surface area contributed by atoms with Crippen LogP contribution in [-0.4, -0.2) is 19.2 Å². The molecule has 60 valence electrons. The lowest BCUT2D eigenvalue weighted by molar-refractivity contribution is 0.100. The van der Waals surface area contributed by atoms with Crippen molar-refractivity contribution >= 4 is 12.1 Å². The molecule has 0 aliphatic carbocycles. The molecule has 0 aromatic heterocycles. The van der Waals surface area contributed by atoms with Gasteiger partial charge in [-0.25, -0.2) is 4.99 Å². The zero-order valence-electron chi connectivity index (χ0n) is 6.57. The number of aliphatic imine (C=N–C) groups is 1. The fraction of sp³-hybridized carbons (Fsp3) is 0.111. The lowest BCUT2D eigenvalue weighted by Gasteiger charge is -2.02. The van der Waals surface area contributed by atoms with Crippen molar-refractivity contribution in [3.63, 3.8) is 0 Å². The van der Waals surface area contributed by atoms with Crippen LogP contribution in [0.3, 0.4) is 0 Å². The van der Waals surface area contributed by atoms with Gasteiger partial charge in [0.15, 0.2) is 0 Å². The maximum atomic E-state index is 11.2. The zero-order valence-corrected chi connectivity index (χ0v) is 6.57. The van der Waals surface area contributed by atoms with Gasteiger partial charge in [0.2, 0.25) is 0 Å². The molecule has 0 radical (unpaired) electrons. The molecule has 0 fully saturated rings. The average molecular weight is 161 g/mol. The summed E-state index contributed by atoms with van der Waals surface area (Å²) in [6, 6.07) is 5.43. The molecule has 0 unspecified atom stereocenters. The molecule has 3 heteroatoms. The standard InChI is InChI=1S/C9H7NO2/c1-12-7-4-2-3-6-5-10-9(11)8(6)7/h2-5H,1H3. The third kappa shape index (κ3) is 0.830. The number of methoxy groups -OCH3 is 1. The van der Waals surface area contributed by atoms with Crippen molar-refractivity contribution in [3.05, 3.63) is 29.3 Å². The molecule has 1 aliphatic rings. The Morgan fingerprint density at radius 1 is 1.42 bits per heavy atom. The van der Waals surface area contributed by atoms with E-state index >= 15 is 0 Å². The van der Waals surface area contributed by atoms with Crippen LogP contribution in [0.4, 0.5) is 0 Å². The van der Waals surface area contributed by atoms with Gasteiger partial charge in [0.1, 0.15) is 5.75 Å². The summed E-state index contributed by atoms with van der Waals surface area (Å²) in [5.74, 6) is 0.373. The summed E-state index contributed by atoms with van der Waals surface area (Å²) >= 11 is 0. The molecule has 0 saturated carbocycles. The largest absolute Gasteiger partial charge is 0.496 e. The van der Waals surface area contributed by atoms with Crippen molar-refractivity contribution in [1.29, 1.82) is 0 Å². The highest BCUT2D eigenvalue weighted by Crippen LogP contribution is 2.25. The predicted octanol–water partition coefficient (Wildman–Crippen LogP) is 1.27. The predicted molar refractivity (Wildman–Crippen MR) is 44.9 cm³/mol. The number of ether oxygens (including phenoxy) is 1. The summed E-state index contributed by atoms with van der Waals surface area (Å²) in [5, 5.41) is 0. The molecule has 2 rings (SSSR count). The van der Waals surface area contributed by atoms with Crippen LogP contribution in [0.1, 0.15) is 15.9 Å². The minimum absolute atomic E-state index is 0.220. The SMILES string of the molecule is COc1cccc2c1C(=O)N=C2. The van der Waals surface area contributed by atoms with Crippen LogP contribution in [0.2, 0.25) is 0 Å². The molecule has 0 N–H and O–H groups in total. The second-order valence-electron chi connectivity index (χ2n) is 2.49. The Balaban J connectivity index is 2.65. The van der Waals surface area contributed by atoms with Gasteiger partial charge in [0.05, 0.1) is 12.7 Å². The molecule has 0 saturated heterocycles. The van der Waals surface area contributed by atoms with E-state index in [1.807, 2.05) is 12.1 Å². The molecule has 3 nitrogen and oxygen atoms in total. The van der Waals surface area contributed by atoms with Gasteiger partial charge in [-0.05, 0) is 6.07 Å². The van der Waals surface area contributed by atoms with Gasteiger partial charge in [0, 0.05) is 11.8 Å². The molecule has 1 aromatic rings. The number of carbonyl (C=O) groups excluding carboxylic acids is 1. The quantitative estimate of drug-likeness (QED) is 0.622. The first kappa shape index (κ1) is 7.03. The summed E-state index contributed by atoms with van der Waals surface area (Å²) in [4.78, 5) is 14.8. The molecular formula is C9H7NO2. The van der Waals surface area contributed by atoms with Crippen LogP contribution in [0.5, 0.6) is 5.75 Å². The van der Waals surface area contributed by atoms with Crippen molar-refractivity contribution < 1.29 is 9.53 Å². The van der Waals surface area contributed by atoms with Crippen LogP contribution in [0.15, 0.2) is 23.2 Å². The summed E-state index contributed by atoms with van der Waals surface area (Å²) in [6.45, 7) is 0. The van der Waals surface area contributed by atoms with Gasteiger partial charge in [-0.3, -0.25) is 4.79 Å². The van der Waals surface area contributed by atoms with E-state index in [0.717, 1.165) is 5.56 Å². The number of fused-ring (bicyclic) bond motifs is 1. The second-order valence-corrected chi connectivity index (χ2v) is 2.49. The van der Waals surface area contributed by atoms with Gasteiger partial charge < -0.3 is 4.74 Å². The first-order valence-electron chi connectivity index (χ1n) is 3.58. The third-order valence-corrected chi connectivity index (χ3v) is 1.81. The van der Waals surface area contributed by atoms with Gasteiger partial charge in [-0.2, -0.15) is 0 Å². The summed E-state index contributed by atoms with van der Waals surface area (Å²) in [5.41, 5.74) is 1.40. The number of rotatable bonds is 1. The third-order valence-electron chi connectivity index (χ3n) is 1.81. The number of nitrogens with zero attached hydrogens (tertiary/aromatic N) is 1. The van der Waals surface area contributed by atoms with Crippen molar-refractivity contribution in [2.24, 2.45) is 4.99 Å². The molecule has 1 heterocycles. The van der Waals surface area contributed by atoms with E-state index < -0.39 is 0 Å². The second kappa shape index (κ2) is 2.44. The fourth-order valence-corrected chi connectivity index (χ4v) is 1.25. The van der Waals surface area contributed by atoms with Crippen LogP contribution in [0, 0.1) is 0 Å². The lowest BCUT2D eigenvalue weighted by Crippen LogP contribution is -1.96. The Bertz CT molecular complexity index is 369. The van der Waals surface area contributed by atoms with E-state index in [1.54, 1.807) is 19.4 Å². The topological polar surface area (TPSA) is 38.7 Å². The molecule has 1 aliphatic heterocycles. The lowest BCUT2D eigenvalue weighted by atomic mass is 10.1. The molecule has 0 bridgehead atoms. The minimum Gasteiger partial charge on any atom is -0.496 e. The summed E-state index contributed by atoms with van der Waals surface area (Å²) < 4.78 is 5.03. The Kier molecular flexibility index (Phi) is 1.43. The Morgan fingerprint density at radius 2 is 2.25 bits per heavy atom. The number of hydrogen-bond donors (Lipinski definition) is 0. The monoisotopic (exact) mass is 161 g/mol. The highest BCUT2D eigenvalue weighted by atomic mass is 16.5. The highest BCUT2D eigenvalue weighted by Gasteiger charge is 2.19. The van der Waals surface area contributed by atoms with E-state index in [0.29, 0.717) is 11.3 Å². The van der Waals surface area contributed by atoms with E-state index in [-0.39, 0.29) is 5.91 Å². The molecule has 1 amide bonds. The first-order valence-corrected chi connectivity index (χ1v) is 3.58. The van der Waals surface area contributed by atoms with E-state index in [9.17, 15) is 4.79 Å². The molecule has 12 heavy (non-hydrogen) atoms. The number of hydrogen-bond acceptors (Lipinski definition) is 2. The van der Waals surface area contributed by atoms with Gasteiger partial charge in [0.25, 0.3) is 5.91 Å². The van der Waals surface area contributed by atoms with Crippen LogP contribution >= 0.6 is 0 Å². The summed E-state index contributed by atoms with van der Waals surface area (Å²) in [7, 11) is 1.54. The van der Waals surface area contributed by atoms with Gasteiger partial charge >= 0.3 is 0 Å². The minimum atomic E-state index is -0.220. The van der Waals surface area contributed by atoms with Crippen molar-refractivity contribution in [3.8, 4) is 5.75 Å². The van der Waals surface area contributed by atoms with Crippen LogP contribution < -0.4 is 4.74 Å². The number of amides is 1. The van der Waals surface area contributed by atoms with E-state index in [1.165, 1.54) is 0 Å². The molecule has 0 atom stereocenters. The van der Waals surface area contributed by atoms with Crippen molar-refractivity contribution in [1.82, 2.24) is 0 Å². The van der Waals surface area contributed by atoms with Crippen molar-refractivity contribution in [2.75, 3.05) is 7.11 Å². The zero-order chi connectivity index (χ0) is 8.55. The Morgan fingerprint density at radius 3 is 3.00 bits per heavy atom. The van der Waals surface area contributed by atoms with Crippen LogP contribution in [0.25, 0.3) is 0 Å². The maximum absolute atomic E-state index is 11.2. The molecular weight excluding hydrogens is 154 g/mol. The number of benzene rings is 1. The first-order chi connectivity index (χ1) is 5.83. The maximum Gasteiger partial charge on any atom is 0.281 e.